The van der Waals surface area contributed by atoms with Gasteiger partial charge in [0.05, 0.1) is 25.3 Å². The second-order valence-corrected chi connectivity index (χ2v) is 6.97. The van der Waals surface area contributed by atoms with Crippen molar-refractivity contribution < 1.29 is 19.4 Å². The lowest BCUT2D eigenvalue weighted by Gasteiger charge is -2.36. The molecule has 27 heavy (non-hydrogen) atoms. The molecule has 1 aromatic rings. The molecule has 1 N–H and O–H groups in total. The Morgan fingerprint density at radius 1 is 1.04 bits per heavy atom. The minimum Gasteiger partial charge on any atom is -0.395 e. The number of methoxy groups -OCH3 is 1. The summed E-state index contributed by atoms with van der Waals surface area (Å²) in [4.78, 5) is 31.4. The third-order valence-corrected chi connectivity index (χ3v) is 5.15. The molecule has 0 bridgehead atoms. The zero-order valence-electron chi connectivity index (χ0n) is 15.4. The van der Waals surface area contributed by atoms with E-state index in [1.165, 1.54) is 4.90 Å². The van der Waals surface area contributed by atoms with Gasteiger partial charge in [0, 0.05) is 44.9 Å². The molecule has 0 atom stereocenters. The Morgan fingerprint density at radius 3 is 2.30 bits per heavy atom. The third kappa shape index (κ3) is 4.16. The number of amides is 2. The smallest absolute Gasteiger partial charge is 0.277 e. The molecule has 0 radical (unpaired) electrons. The first-order valence-corrected chi connectivity index (χ1v) is 9.38. The molecule has 0 unspecified atom stereocenters. The van der Waals surface area contributed by atoms with Crippen LogP contribution in [-0.4, -0.2) is 91.2 Å². The first-order valence-electron chi connectivity index (χ1n) is 9.00. The SMILES string of the molecule is COCCN1C(=O)C(c2ccc(Cl)cc2)=C(N2CCN(CCO)CC2)C1=O. The summed E-state index contributed by atoms with van der Waals surface area (Å²) in [5.74, 6) is -0.579. The van der Waals surface area contributed by atoms with Crippen LogP contribution in [0, 0.1) is 0 Å². The highest BCUT2D eigenvalue weighted by molar-refractivity contribution is 6.36. The molecule has 0 aromatic heterocycles. The minimum absolute atomic E-state index is 0.112. The van der Waals surface area contributed by atoms with Gasteiger partial charge in [-0.1, -0.05) is 23.7 Å². The Balaban J connectivity index is 1.92. The van der Waals surface area contributed by atoms with Crippen LogP contribution in [0.2, 0.25) is 5.02 Å². The van der Waals surface area contributed by atoms with Gasteiger partial charge in [-0.3, -0.25) is 19.4 Å². The number of aliphatic hydroxyl groups excluding tert-OH is 1. The fourth-order valence-electron chi connectivity index (χ4n) is 3.46. The summed E-state index contributed by atoms with van der Waals surface area (Å²) in [6, 6.07) is 6.97. The van der Waals surface area contributed by atoms with Crippen molar-refractivity contribution in [3.63, 3.8) is 0 Å². The minimum atomic E-state index is -0.299. The molecule has 0 aliphatic carbocycles. The maximum atomic E-state index is 13.0. The Bertz CT molecular complexity index is 727. The number of nitrogens with zero attached hydrogens (tertiary/aromatic N) is 3. The van der Waals surface area contributed by atoms with Gasteiger partial charge in [-0.2, -0.15) is 0 Å². The van der Waals surface area contributed by atoms with E-state index in [9.17, 15) is 9.59 Å². The second-order valence-electron chi connectivity index (χ2n) is 6.54. The highest BCUT2D eigenvalue weighted by atomic mass is 35.5. The molecule has 1 aromatic carbocycles. The molecule has 7 nitrogen and oxygen atoms in total. The normalized spacial score (nSPS) is 18.8. The van der Waals surface area contributed by atoms with Crippen LogP contribution in [0.3, 0.4) is 0 Å². The van der Waals surface area contributed by atoms with Gasteiger partial charge in [-0.25, -0.2) is 0 Å². The van der Waals surface area contributed by atoms with E-state index in [1.54, 1.807) is 31.4 Å². The molecule has 2 amide bonds. The first-order chi connectivity index (χ1) is 13.1. The zero-order chi connectivity index (χ0) is 19.4. The number of hydrogen-bond acceptors (Lipinski definition) is 6. The number of halogens is 1. The molecule has 3 rings (SSSR count). The lowest BCUT2D eigenvalue weighted by Crippen LogP contribution is -2.48. The summed E-state index contributed by atoms with van der Waals surface area (Å²) in [7, 11) is 1.54. The molecule has 2 heterocycles. The van der Waals surface area contributed by atoms with Gasteiger partial charge in [0.15, 0.2) is 0 Å². The highest BCUT2D eigenvalue weighted by Gasteiger charge is 2.41. The number of benzene rings is 1. The predicted molar refractivity (Wildman–Crippen MR) is 102 cm³/mol. The lowest BCUT2D eigenvalue weighted by atomic mass is 10.0. The average molecular weight is 394 g/mol. The Hall–Kier alpha value is -1.93. The van der Waals surface area contributed by atoms with Crippen molar-refractivity contribution in [1.82, 2.24) is 14.7 Å². The second kappa shape index (κ2) is 8.84. The van der Waals surface area contributed by atoms with Crippen LogP contribution in [0.5, 0.6) is 0 Å². The van der Waals surface area contributed by atoms with Gasteiger partial charge in [0.25, 0.3) is 11.8 Å². The standard InChI is InChI=1S/C19H24ClN3O4/c1-27-13-11-23-18(25)16(14-2-4-15(20)5-3-14)17(19(23)26)22-8-6-21(7-9-22)10-12-24/h2-5,24H,6-13H2,1H3. The van der Waals surface area contributed by atoms with Gasteiger partial charge in [0.1, 0.15) is 5.70 Å². The van der Waals surface area contributed by atoms with E-state index in [4.69, 9.17) is 21.4 Å². The van der Waals surface area contributed by atoms with Crippen LogP contribution in [0.25, 0.3) is 5.57 Å². The molecule has 2 aliphatic rings. The van der Waals surface area contributed by atoms with E-state index in [0.717, 1.165) is 13.1 Å². The van der Waals surface area contributed by atoms with Crippen LogP contribution in [0.15, 0.2) is 30.0 Å². The summed E-state index contributed by atoms with van der Waals surface area (Å²) in [5, 5.41) is 9.69. The topological polar surface area (TPSA) is 73.3 Å². The molecular formula is C19H24ClN3O4. The van der Waals surface area contributed by atoms with Crippen LogP contribution in [0.4, 0.5) is 0 Å². The van der Waals surface area contributed by atoms with Gasteiger partial charge in [-0.15, -0.1) is 0 Å². The van der Waals surface area contributed by atoms with Gasteiger partial charge in [0.2, 0.25) is 0 Å². The number of piperazine rings is 1. The van der Waals surface area contributed by atoms with Crippen molar-refractivity contribution >= 4 is 29.0 Å². The maximum absolute atomic E-state index is 13.0. The van der Waals surface area contributed by atoms with Crippen molar-refractivity contribution in [2.24, 2.45) is 0 Å². The van der Waals surface area contributed by atoms with Crippen molar-refractivity contribution in [2.45, 2.75) is 0 Å². The molecule has 1 fully saturated rings. The maximum Gasteiger partial charge on any atom is 0.277 e. The molecular weight excluding hydrogens is 370 g/mol. The molecule has 0 spiro atoms. The molecule has 0 saturated carbocycles. The number of ether oxygens (including phenoxy) is 1. The van der Waals surface area contributed by atoms with Crippen LogP contribution >= 0.6 is 11.6 Å². The largest absolute Gasteiger partial charge is 0.395 e. The number of hydrogen-bond donors (Lipinski definition) is 1. The number of carbonyl (C=O) groups is 2. The molecule has 1 saturated heterocycles. The Labute approximate surface area is 163 Å². The van der Waals surface area contributed by atoms with Gasteiger partial charge in [-0.05, 0) is 17.7 Å². The Kier molecular flexibility index (Phi) is 6.49. The molecule has 2 aliphatic heterocycles. The fraction of sp³-hybridized carbons (Fsp3) is 0.474. The van der Waals surface area contributed by atoms with Crippen molar-refractivity contribution in [1.29, 1.82) is 0 Å². The van der Waals surface area contributed by atoms with Crippen LogP contribution < -0.4 is 0 Å². The van der Waals surface area contributed by atoms with Crippen LogP contribution in [0.1, 0.15) is 5.56 Å². The van der Waals surface area contributed by atoms with E-state index in [2.05, 4.69) is 4.90 Å². The van der Waals surface area contributed by atoms with Gasteiger partial charge >= 0.3 is 0 Å². The summed E-state index contributed by atoms with van der Waals surface area (Å²) >= 11 is 5.98. The van der Waals surface area contributed by atoms with E-state index in [-0.39, 0.29) is 25.0 Å². The number of aliphatic hydroxyl groups is 1. The average Bonchev–Trinajstić information content (AvgIpc) is 2.92. The first kappa shape index (κ1) is 19.8. The predicted octanol–water partition coefficient (Wildman–Crippen LogP) is 0.676. The third-order valence-electron chi connectivity index (χ3n) is 4.90. The summed E-state index contributed by atoms with van der Waals surface area (Å²) in [5.41, 5.74) is 1.55. The fourth-order valence-corrected chi connectivity index (χ4v) is 3.58. The summed E-state index contributed by atoms with van der Waals surface area (Å²) in [6.45, 7) is 3.97. The zero-order valence-corrected chi connectivity index (χ0v) is 16.1. The van der Waals surface area contributed by atoms with E-state index >= 15 is 0 Å². The van der Waals surface area contributed by atoms with E-state index in [0.29, 0.717) is 48.1 Å². The van der Waals surface area contributed by atoms with Gasteiger partial charge < -0.3 is 14.7 Å². The quantitative estimate of drug-likeness (QED) is 0.687. The van der Waals surface area contributed by atoms with Crippen molar-refractivity contribution in [3.8, 4) is 0 Å². The van der Waals surface area contributed by atoms with Crippen LogP contribution in [-0.2, 0) is 14.3 Å². The molecule has 8 heteroatoms. The van der Waals surface area contributed by atoms with Crippen molar-refractivity contribution in [2.75, 3.05) is 59.6 Å². The number of rotatable bonds is 7. The van der Waals surface area contributed by atoms with E-state index in [1.807, 2.05) is 4.90 Å². The number of imide groups is 1. The highest BCUT2D eigenvalue weighted by Crippen LogP contribution is 2.32. The summed E-state index contributed by atoms with van der Waals surface area (Å²) in [6.07, 6.45) is 0. The molecule has 146 valence electrons. The number of β-amino-alcohol motifs (C(OH)–C–C–N with tert-alkyl or cyclic N) is 1. The monoisotopic (exact) mass is 393 g/mol. The van der Waals surface area contributed by atoms with E-state index < -0.39 is 0 Å². The summed E-state index contributed by atoms with van der Waals surface area (Å²) < 4.78 is 5.05. The Morgan fingerprint density at radius 2 is 1.70 bits per heavy atom. The lowest BCUT2D eigenvalue weighted by molar-refractivity contribution is -0.138. The number of carbonyl (C=O) groups excluding carboxylic acids is 2. The van der Waals surface area contributed by atoms with Crippen molar-refractivity contribution in [3.05, 3.63) is 40.5 Å².